The second-order valence-electron chi connectivity index (χ2n) is 4.87. The first kappa shape index (κ1) is 14.2. The van der Waals surface area contributed by atoms with Crippen molar-refractivity contribution in [3.63, 3.8) is 0 Å². The molecular formula is C14H18N2O4. The van der Waals surface area contributed by atoms with Crippen LogP contribution in [0, 0.1) is 0 Å². The topological polar surface area (TPSA) is 89.9 Å². The van der Waals surface area contributed by atoms with Crippen molar-refractivity contribution in [2.75, 3.05) is 18.4 Å². The minimum atomic E-state index is -1.20. The number of carbonyl (C=O) groups excluding carboxylic acids is 1. The molecule has 0 radical (unpaired) electrons. The molecule has 0 unspecified atom stereocenters. The zero-order valence-corrected chi connectivity index (χ0v) is 11.1. The van der Waals surface area contributed by atoms with Crippen molar-refractivity contribution in [1.82, 2.24) is 4.90 Å². The van der Waals surface area contributed by atoms with Crippen molar-refractivity contribution < 1.29 is 19.8 Å². The van der Waals surface area contributed by atoms with Crippen molar-refractivity contribution in [2.45, 2.75) is 25.7 Å². The molecule has 0 saturated carbocycles. The summed E-state index contributed by atoms with van der Waals surface area (Å²) in [6.07, 6.45) is 4.27. The van der Waals surface area contributed by atoms with Crippen LogP contribution in [0.5, 0.6) is 5.75 Å². The second-order valence-corrected chi connectivity index (χ2v) is 4.87. The molecule has 0 aliphatic carbocycles. The van der Waals surface area contributed by atoms with Gasteiger partial charge in [-0.2, -0.15) is 0 Å². The van der Waals surface area contributed by atoms with Crippen LogP contribution >= 0.6 is 0 Å². The molecule has 0 bridgehead atoms. The molecule has 1 aromatic rings. The molecule has 2 amide bonds. The molecule has 1 aliphatic rings. The summed E-state index contributed by atoms with van der Waals surface area (Å²) in [7, 11) is 0. The van der Waals surface area contributed by atoms with Gasteiger partial charge in [-0.25, -0.2) is 9.59 Å². The number of benzene rings is 1. The van der Waals surface area contributed by atoms with E-state index in [-0.39, 0.29) is 17.3 Å². The highest BCUT2D eigenvalue weighted by atomic mass is 16.4. The van der Waals surface area contributed by atoms with Gasteiger partial charge in [0.2, 0.25) is 0 Å². The molecule has 1 aromatic carbocycles. The summed E-state index contributed by atoms with van der Waals surface area (Å²) in [4.78, 5) is 24.6. The molecule has 6 heteroatoms. The Morgan fingerprint density at radius 1 is 1.10 bits per heavy atom. The van der Waals surface area contributed by atoms with E-state index in [4.69, 9.17) is 5.11 Å². The third kappa shape index (κ3) is 3.40. The lowest BCUT2D eigenvalue weighted by molar-refractivity contribution is 0.0694. The molecule has 0 aromatic heterocycles. The summed E-state index contributed by atoms with van der Waals surface area (Å²) in [6.45, 7) is 1.45. The number of amides is 2. The van der Waals surface area contributed by atoms with Crippen LogP contribution in [-0.4, -0.2) is 40.2 Å². The van der Waals surface area contributed by atoms with E-state index in [1.165, 1.54) is 18.2 Å². The quantitative estimate of drug-likeness (QED) is 0.775. The molecule has 1 aliphatic heterocycles. The third-order valence-electron chi connectivity index (χ3n) is 3.37. The van der Waals surface area contributed by atoms with E-state index >= 15 is 0 Å². The lowest BCUT2D eigenvalue weighted by Crippen LogP contribution is -2.35. The number of rotatable bonds is 2. The Morgan fingerprint density at radius 3 is 2.30 bits per heavy atom. The van der Waals surface area contributed by atoms with Gasteiger partial charge in [-0.15, -0.1) is 0 Å². The van der Waals surface area contributed by atoms with Gasteiger partial charge in [0, 0.05) is 24.8 Å². The van der Waals surface area contributed by atoms with Crippen molar-refractivity contribution in [2.24, 2.45) is 0 Å². The van der Waals surface area contributed by atoms with Crippen LogP contribution in [0.25, 0.3) is 0 Å². The average molecular weight is 278 g/mol. The molecule has 1 heterocycles. The standard InChI is InChI=1S/C14H18N2O4/c17-12-9-10(5-6-11(12)13(18)19)15-14(20)16-7-3-1-2-4-8-16/h5-6,9,17H,1-4,7-8H2,(H,15,20)(H,18,19). The normalized spacial score (nSPS) is 15.5. The van der Waals surface area contributed by atoms with Crippen molar-refractivity contribution in [3.8, 4) is 5.75 Å². The van der Waals surface area contributed by atoms with E-state index in [1.54, 1.807) is 4.90 Å². The summed E-state index contributed by atoms with van der Waals surface area (Å²) in [5.74, 6) is -1.56. The molecule has 2 rings (SSSR count). The third-order valence-corrected chi connectivity index (χ3v) is 3.37. The maximum Gasteiger partial charge on any atom is 0.339 e. The highest BCUT2D eigenvalue weighted by Gasteiger charge is 2.16. The molecule has 0 spiro atoms. The lowest BCUT2D eigenvalue weighted by atomic mass is 10.2. The van der Waals surface area contributed by atoms with Crippen LogP contribution in [0.2, 0.25) is 0 Å². The number of nitrogens with zero attached hydrogens (tertiary/aromatic N) is 1. The Bertz CT molecular complexity index is 508. The number of carbonyl (C=O) groups is 2. The van der Waals surface area contributed by atoms with E-state index in [1.807, 2.05) is 0 Å². The van der Waals surface area contributed by atoms with E-state index in [9.17, 15) is 14.7 Å². The number of carboxylic acids is 1. The Morgan fingerprint density at radius 2 is 1.75 bits per heavy atom. The highest BCUT2D eigenvalue weighted by molar-refractivity contribution is 5.93. The van der Waals surface area contributed by atoms with E-state index < -0.39 is 5.97 Å². The molecule has 1 fully saturated rings. The molecule has 1 saturated heterocycles. The van der Waals surface area contributed by atoms with Gasteiger partial charge in [0.1, 0.15) is 11.3 Å². The zero-order chi connectivity index (χ0) is 14.5. The number of hydrogen-bond acceptors (Lipinski definition) is 3. The van der Waals surface area contributed by atoms with Crippen LogP contribution in [-0.2, 0) is 0 Å². The van der Waals surface area contributed by atoms with Crippen LogP contribution in [0.3, 0.4) is 0 Å². The average Bonchev–Trinajstić information content (AvgIpc) is 2.67. The van der Waals surface area contributed by atoms with Gasteiger partial charge in [0.05, 0.1) is 0 Å². The zero-order valence-electron chi connectivity index (χ0n) is 11.1. The second kappa shape index (κ2) is 6.27. The number of anilines is 1. The highest BCUT2D eigenvalue weighted by Crippen LogP contribution is 2.22. The largest absolute Gasteiger partial charge is 0.507 e. The fourth-order valence-electron chi connectivity index (χ4n) is 2.27. The van der Waals surface area contributed by atoms with Gasteiger partial charge in [-0.05, 0) is 25.0 Å². The fourth-order valence-corrected chi connectivity index (χ4v) is 2.27. The monoisotopic (exact) mass is 278 g/mol. The van der Waals surface area contributed by atoms with Gasteiger partial charge < -0.3 is 20.4 Å². The summed E-state index contributed by atoms with van der Waals surface area (Å²) >= 11 is 0. The van der Waals surface area contributed by atoms with Crippen LogP contribution in [0.4, 0.5) is 10.5 Å². The van der Waals surface area contributed by atoms with Gasteiger partial charge in [-0.1, -0.05) is 12.8 Å². The first-order valence-electron chi connectivity index (χ1n) is 6.70. The Kier molecular flexibility index (Phi) is 4.45. The predicted molar refractivity (Wildman–Crippen MR) is 74.1 cm³/mol. The summed E-state index contributed by atoms with van der Waals surface area (Å²) in [6, 6.07) is 3.78. The minimum Gasteiger partial charge on any atom is -0.507 e. The summed E-state index contributed by atoms with van der Waals surface area (Å²) in [5.41, 5.74) is 0.208. The van der Waals surface area contributed by atoms with Crippen LogP contribution in [0.15, 0.2) is 18.2 Å². The number of phenols is 1. The molecule has 108 valence electrons. The maximum absolute atomic E-state index is 12.1. The lowest BCUT2D eigenvalue weighted by Gasteiger charge is -2.20. The Labute approximate surface area is 117 Å². The number of likely N-dealkylation sites (tertiary alicyclic amines) is 1. The van der Waals surface area contributed by atoms with Crippen molar-refractivity contribution in [1.29, 1.82) is 0 Å². The summed E-state index contributed by atoms with van der Waals surface area (Å²) in [5, 5.41) is 21.1. The Balaban J connectivity index is 2.03. The van der Waals surface area contributed by atoms with Gasteiger partial charge in [0.15, 0.2) is 0 Å². The number of aromatic carboxylic acids is 1. The predicted octanol–water partition coefficient (Wildman–Crippen LogP) is 2.50. The van der Waals surface area contributed by atoms with Gasteiger partial charge >= 0.3 is 12.0 Å². The van der Waals surface area contributed by atoms with Gasteiger partial charge in [-0.3, -0.25) is 0 Å². The Hall–Kier alpha value is -2.24. The number of carboxylic acid groups (broad SMARTS) is 1. The van der Waals surface area contributed by atoms with Crippen molar-refractivity contribution >= 4 is 17.7 Å². The van der Waals surface area contributed by atoms with E-state index in [0.717, 1.165) is 38.8 Å². The SMILES string of the molecule is O=C(O)c1ccc(NC(=O)N2CCCCCC2)cc1O. The van der Waals surface area contributed by atoms with E-state index in [2.05, 4.69) is 5.32 Å². The van der Waals surface area contributed by atoms with E-state index in [0.29, 0.717) is 5.69 Å². The molecular weight excluding hydrogens is 260 g/mol. The molecule has 6 nitrogen and oxygen atoms in total. The first-order chi connectivity index (χ1) is 9.58. The first-order valence-corrected chi connectivity index (χ1v) is 6.70. The fraction of sp³-hybridized carbons (Fsp3) is 0.429. The molecule has 3 N–H and O–H groups in total. The number of urea groups is 1. The van der Waals surface area contributed by atoms with Crippen LogP contribution < -0.4 is 5.32 Å². The smallest absolute Gasteiger partial charge is 0.339 e. The molecule has 0 atom stereocenters. The minimum absolute atomic E-state index is 0.183. The van der Waals surface area contributed by atoms with Crippen molar-refractivity contribution in [3.05, 3.63) is 23.8 Å². The number of aromatic hydroxyl groups is 1. The van der Waals surface area contributed by atoms with Gasteiger partial charge in [0.25, 0.3) is 0 Å². The molecule has 20 heavy (non-hydrogen) atoms. The number of nitrogens with one attached hydrogen (secondary N) is 1. The maximum atomic E-state index is 12.1. The van der Waals surface area contributed by atoms with Crippen LogP contribution in [0.1, 0.15) is 36.0 Å². The number of hydrogen-bond donors (Lipinski definition) is 3. The summed E-state index contributed by atoms with van der Waals surface area (Å²) < 4.78 is 0.